The number of aromatic nitrogens is 3. The number of pyridine rings is 1. The van der Waals surface area contributed by atoms with Crippen LogP contribution in [0.15, 0.2) is 70.3 Å². The predicted octanol–water partition coefficient (Wildman–Crippen LogP) is 3.98. The fourth-order valence-electron chi connectivity index (χ4n) is 3.75. The summed E-state index contributed by atoms with van der Waals surface area (Å²) in [5.74, 6) is 1.28. The molecular formula is C20H17ClN4O3S. The minimum atomic E-state index is -3.60. The van der Waals surface area contributed by atoms with Crippen molar-refractivity contribution >= 4 is 32.8 Å². The minimum Gasteiger partial charge on any atom is -0.461 e. The van der Waals surface area contributed by atoms with Gasteiger partial charge in [-0.15, -0.1) is 0 Å². The zero-order chi connectivity index (χ0) is 20.0. The van der Waals surface area contributed by atoms with Crippen molar-refractivity contribution in [3.8, 4) is 11.6 Å². The largest absolute Gasteiger partial charge is 0.461 e. The van der Waals surface area contributed by atoms with Crippen LogP contribution in [0.4, 0.5) is 0 Å². The molecule has 5 rings (SSSR count). The van der Waals surface area contributed by atoms with Crippen molar-refractivity contribution < 1.29 is 12.8 Å². The quantitative estimate of drug-likeness (QED) is 0.491. The van der Waals surface area contributed by atoms with E-state index in [4.69, 9.17) is 16.0 Å². The molecule has 7 nitrogen and oxygen atoms in total. The van der Waals surface area contributed by atoms with E-state index in [-0.39, 0.29) is 10.9 Å². The summed E-state index contributed by atoms with van der Waals surface area (Å²) in [6.45, 7) is 0.750. The molecule has 1 aliphatic heterocycles. The molecule has 29 heavy (non-hydrogen) atoms. The maximum Gasteiger partial charge on any atom is 0.243 e. The molecular weight excluding hydrogens is 412 g/mol. The highest BCUT2D eigenvalue weighted by Gasteiger charge is 2.35. The molecule has 1 saturated heterocycles. The Kier molecular flexibility index (Phi) is 4.42. The smallest absolute Gasteiger partial charge is 0.243 e. The SMILES string of the molecule is O=S(=O)(c1ccc(Cl)cc1)N1CCC(n2c(-c3ccco3)nc3cccnc32)C1. The molecule has 1 unspecified atom stereocenters. The van der Waals surface area contributed by atoms with Gasteiger partial charge in [0.2, 0.25) is 10.0 Å². The van der Waals surface area contributed by atoms with E-state index in [0.29, 0.717) is 36.1 Å². The van der Waals surface area contributed by atoms with E-state index in [1.54, 1.807) is 30.7 Å². The predicted molar refractivity (Wildman–Crippen MR) is 109 cm³/mol. The molecule has 1 aliphatic rings. The summed E-state index contributed by atoms with van der Waals surface area (Å²) in [5, 5.41) is 0.502. The average molecular weight is 429 g/mol. The maximum atomic E-state index is 13.1. The van der Waals surface area contributed by atoms with Gasteiger partial charge in [0.15, 0.2) is 17.2 Å². The van der Waals surface area contributed by atoms with Gasteiger partial charge in [-0.2, -0.15) is 4.31 Å². The molecule has 0 N–H and O–H groups in total. The van der Waals surface area contributed by atoms with E-state index in [1.807, 2.05) is 22.8 Å². The molecule has 0 amide bonds. The first-order valence-electron chi connectivity index (χ1n) is 9.16. The fourth-order valence-corrected chi connectivity index (χ4v) is 5.37. The molecule has 148 valence electrons. The van der Waals surface area contributed by atoms with E-state index < -0.39 is 10.0 Å². The van der Waals surface area contributed by atoms with Crippen molar-refractivity contribution in [3.63, 3.8) is 0 Å². The Bertz CT molecular complexity index is 1270. The second-order valence-corrected chi connectivity index (χ2v) is 9.26. The van der Waals surface area contributed by atoms with Crippen molar-refractivity contribution in [3.05, 3.63) is 66.0 Å². The Morgan fingerprint density at radius 1 is 1.10 bits per heavy atom. The molecule has 3 aromatic heterocycles. The van der Waals surface area contributed by atoms with Crippen LogP contribution in [0, 0.1) is 0 Å². The Labute approximate surface area is 172 Å². The third kappa shape index (κ3) is 3.13. The first kappa shape index (κ1) is 18.4. The van der Waals surface area contributed by atoms with E-state index in [9.17, 15) is 8.42 Å². The van der Waals surface area contributed by atoms with Crippen molar-refractivity contribution in [1.82, 2.24) is 18.8 Å². The van der Waals surface area contributed by atoms with Gasteiger partial charge in [-0.05, 0) is 55.0 Å². The lowest BCUT2D eigenvalue weighted by Gasteiger charge is -2.18. The van der Waals surface area contributed by atoms with Crippen molar-refractivity contribution in [2.45, 2.75) is 17.4 Å². The lowest BCUT2D eigenvalue weighted by Crippen LogP contribution is -2.29. The number of rotatable bonds is 4. The van der Waals surface area contributed by atoms with E-state index >= 15 is 0 Å². The van der Waals surface area contributed by atoms with E-state index in [2.05, 4.69) is 9.97 Å². The zero-order valence-electron chi connectivity index (χ0n) is 15.3. The molecule has 0 saturated carbocycles. The van der Waals surface area contributed by atoms with Crippen LogP contribution in [0.25, 0.3) is 22.7 Å². The van der Waals surface area contributed by atoms with Gasteiger partial charge in [-0.3, -0.25) is 0 Å². The highest BCUT2D eigenvalue weighted by atomic mass is 35.5. The van der Waals surface area contributed by atoms with Crippen LogP contribution in [-0.2, 0) is 10.0 Å². The first-order chi connectivity index (χ1) is 14.0. The topological polar surface area (TPSA) is 81.2 Å². The second-order valence-electron chi connectivity index (χ2n) is 6.89. The molecule has 1 aromatic carbocycles. The Morgan fingerprint density at radius 2 is 1.93 bits per heavy atom. The van der Waals surface area contributed by atoms with Crippen LogP contribution in [0.3, 0.4) is 0 Å². The molecule has 9 heteroatoms. The molecule has 4 aromatic rings. The van der Waals surface area contributed by atoms with Crippen molar-refractivity contribution in [1.29, 1.82) is 0 Å². The third-order valence-electron chi connectivity index (χ3n) is 5.13. The Morgan fingerprint density at radius 3 is 2.69 bits per heavy atom. The van der Waals surface area contributed by atoms with Crippen LogP contribution in [-0.4, -0.2) is 40.3 Å². The number of furan rings is 1. The number of hydrogen-bond donors (Lipinski definition) is 0. The highest BCUT2D eigenvalue weighted by Crippen LogP contribution is 2.34. The van der Waals surface area contributed by atoms with Gasteiger partial charge in [-0.1, -0.05) is 11.6 Å². The zero-order valence-corrected chi connectivity index (χ0v) is 16.8. The minimum absolute atomic E-state index is 0.0999. The number of benzene rings is 1. The molecule has 1 atom stereocenters. The molecule has 0 bridgehead atoms. The number of imidazole rings is 1. The summed E-state index contributed by atoms with van der Waals surface area (Å²) < 4.78 is 35.2. The van der Waals surface area contributed by atoms with Crippen LogP contribution in [0.2, 0.25) is 5.02 Å². The van der Waals surface area contributed by atoms with Gasteiger partial charge in [-0.25, -0.2) is 18.4 Å². The maximum absolute atomic E-state index is 13.1. The number of sulfonamides is 1. The van der Waals surface area contributed by atoms with Crippen LogP contribution in [0.5, 0.6) is 0 Å². The van der Waals surface area contributed by atoms with Gasteiger partial charge >= 0.3 is 0 Å². The Balaban J connectivity index is 1.53. The van der Waals surface area contributed by atoms with Crippen molar-refractivity contribution in [2.75, 3.05) is 13.1 Å². The van der Waals surface area contributed by atoms with Gasteiger partial charge in [0.05, 0.1) is 17.2 Å². The van der Waals surface area contributed by atoms with Crippen LogP contribution in [0.1, 0.15) is 12.5 Å². The first-order valence-corrected chi connectivity index (χ1v) is 11.0. The summed E-state index contributed by atoms with van der Waals surface area (Å²) >= 11 is 5.90. The Hall–Kier alpha value is -2.68. The molecule has 4 heterocycles. The van der Waals surface area contributed by atoms with E-state index in [0.717, 1.165) is 11.2 Å². The van der Waals surface area contributed by atoms with Gasteiger partial charge in [0.25, 0.3) is 0 Å². The summed E-state index contributed by atoms with van der Waals surface area (Å²) in [5.41, 5.74) is 1.47. The molecule has 1 fully saturated rings. The number of hydrogen-bond acceptors (Lipinski definition) is 5. The standard InChI is InChI=1S/C20H17ClN4O3S/c21-14-5-7-16(8-6-14)29(26,27)24-11-9-15(13-24)25-19-17(3-1-10-22-19)23-20(25)18-4-2-12-28-18/h1-8,10,12,15H,9,11,13H2. The van der Waals surface area contributed by atoms with Gasteiger partial charge < -0.3 is 8.98 Å². The summed E-state index contributed by atoms with van der Waals surface area (Å²) in [4.78, 5) is 9.40. The van der Waals surface area contributed by atoms with Crippen molar-refractivity contribution in [2.24, 2.45) is 0 Å². The average Bonchev–Trinajstić information content (AvgIpc) is 3.46. The summed E-state index contributed by atoms with van der Waals surface area (Å²) in [7, 11) is -3.60. The van der Waals surface area contributed by atoms with E-state index in [1.165, 1.54) is 16.4 Å². The summed E-state index contributed by atoms with van der Waals surface area (Å²) in [6, 6.07) is 13.5. The summed E-state index contributed by atoms with van der Waals surface area (Å²) in [6.07, 6.45) is 3.96. The molecule has 0 spiro atoms. The van der Waals surface area contributed by atoms with Gasteiger partial charge in [0, 0.05) is 24.3 Å². The monoisotopic (exact) mass is 428 g/mol. The lowest BCUT2D eigenvalue weighted by atomic mass is 10.2. The van der Waals surface area contributed by atoms with Crippen LogP contribution >= 0.6 is 11.6 Å². The number of fused-ring (bicyclic) bond motifs is 1. The second kappa shape index (κ2) is 6.98. The highest BCUT2D eigenvalue weighted by molar-refractivity contribution is 7.89. The van der Waals surface area contributed by atoms with Crippen LogP contribution < -0.4 is 0 Å². The molecule has 0 aliphatic carbocycles. The van der Waals surface area contributed by atoms with Gasteiger partial charge in [0.1, 0.15) is 5.52 Å². The molecule has 0 radical (unpaired) electrons. The lowest BCUT2D eigenvalue weighted by molar-refractivity contribution is 0.453. The number of halogens is 1. The third-order valence-corrected chi connectivity index (χ3v) is 7.26. The number of nitrogens with zero attached hydrogens (tertiary/aromatic N) is 4. The fraction of sp³-hybridized carbons (Fsp3) is 0.200. The normalized spacial score (nSPS) is 17.9.